The Morgan fingerprint density at radius 1 is 1.20 bits per heavy atom. The standard InChI is InChI=1S/C17H23N5O2S/c1-12-20-16(15-7-3-4-9-18-15)10-17(21-12)22-14-8-5-6-13(14)11-19-25(2,23)24/h3-4,7,9-10,13-14,19H,5-6,8,11H2,1-2H3,(H,20,21,22). The van der Waals surface area contributed by atoms with Crippen molar-refractivity contribution in [2.75, 3.05) is 18.1 Å². The van der Waals surface area contributed by atoms with Crippen molar-refractivity contribution in [1.29, 1.82) is 0 Å². The van der Waals surface area contributed by atoms with E-state index >= 15 is 0 Å². The van der Waals surface area contributed by atoms with Gasteiger partial charge in [-0.05, 0) is 37.8 Å². The Morgan fingerprint density at radius 3 is 2.76 bits per heavy atom. The van der Waals surface area contributed by atoms with Crippen LogP contribution in [-0.4, -0.2) is 42.2 Å². The van der Waals surface area contributed by atoms with E-state index in [4.69, 9.17) is 0 Å². The number of sulfonamides is 1. The van der Waals surface area contributed by atoms with E-state index in [1.807, 2.05) is 31.2 Å². The maximum atomic E-state index is 11.3. The molecular formula is C17H23N5O2S. The number of nitrogens with one attached hydrogen (secondary N) is 2. The van der Waals surface area contributed by atoms with Crippen molar-refractivity contribution in [3.8, 4) is 11.4 Å². The first-order chi connectivity index (χ1) is 11.9. The summed E-state index contributed by atoms with van der Waals surface area (Å²) in [6.45, 7) is 2.31. The molecule has 1 aliphatic carbocycles. The molecule has 0 aliphatic heterocycles. The van der Waals surface area contributed by atoms with Crippen LogP contribution in [0.25, 0.3) is 11.4 Å². The predicted molar refractivity (Wildman–Crippen MR) is 97.6 cm³/mol. The van der Waals surface area contributed by atoms with Gasteiger partial charge in [0.15, 0.2) is 0 Å². The average Bonchev–Trinajstić information content (AvgIpc) is 3.00. The number of anilines is 1. The van der Waals surface area contributed by atoms with Gasteiger partial charge in [-0.2, -0.15) is 0 Å². The minimum Gasteiger partial charge on any atom is -0.367 e. The largest absolute Gasteiger partial charge is 0.367 e. The SMILES string of the molecule is Cc1nc(NC2CCCC2CNS(C)(=O)=O)cc(-c2ccccn2)n1. The lowest BCUT2D eigenvalue weighted by atomic mass is 10.0. The minimum absolute atomic E-state index is 0.195. The van der Waals surface area contributed by atoms with Crippen molar-refractivity contribution in [2.24, 2.45) is 5.92 Å². The fourth-order valence-electron chi connectivity index (χ4n) is 3.21. The first-order valence-corrected chi connectivity index (χ1v) is 10.3. The number of nitrogens with zero attached hydrogens (tertiary/aromatic N) is 3. The summed E-state index contributed by atoms with van der Waals surface area (Å²) in [6, 6.07) is 7.81. The van der Waals surface area contributed by atoms with Crippen LogP contribution in [0.2, 0.25) is 0 Å². The first-order valence-electron chi connectivity index (χ1n) is 8.39. The van der Waals surface area contributed by atoms with Crippen molar-refractivity contribution in [1.82, 2.24) is 19.7 Å². The van der Waals surface area contributed by atoms with Gasteiger partial charge >= 0.3 is 0 Å². The molecule has 2 unspecified atom stereocenters. The molecule has 0 spiro atoms. The Balaban J connectivity index is 1.75. The Labute approximate surface area is 148 Å². The number of hydrogen-bond donors (Lipinski definition) is 2. The molecule has 7 nitrogen and oxygen atoms in total. The third-order valence-corrected chi connectivity index (χ3v) is 5.06. The molecule has 134 valence electrons. The van der Waals surface area contributed by atoms with E-state index < -0.39 is 10.0 Å². The van der Waals surface area contributed by atoms with Gasteiger partial charge in [0.25, 0.3) is 0 Å². The van der Waals surface area contributed by atoms with Crippen LogP contribution in [0.15, 0.2) is 30.5 Å². The van der Waals surface area contributed by atoms with Crippen LogP contribution in [0, 0.1) is 12.8 Å². The molecule has 8 heteroatoms. The van der Waals surface area contributed by atoms with Gasteiger partial charge in [-0.25, -0.2) is 23.1 Å². The topological polar surface area (TPSA) is 96.9 Å². The summed E-state index contributed by atoms with van der Waals surface area (Å²) >= 11 is 0. The molecule has 2 atom stereocenters. The molecule has 1 aliphatic rings. The molecule has 2 aromatic rings. The number of pyridine rings is 1. The third-order valence-electron chi connectivity index (χ3n) is 4.37. The molecule has 0 bridgehead atoms. The van der Waals surface area contributed by atoms with Gasteiger partial charge in [-0.3, -0.25) is 4.98 Å². The second-order valence-electron chi connectivity index (χ2n) is 6.46. The van der Waals surface area contributed by atoms with Gasteiger partial charge in [0.05, 0.1) is 17.6 Å². The van der Waals surface area contributed by atoms with E-state index in [0.29, 0.717) is 12.4 Å². The van der Waals surface area contributed by atoms with Gasteiger partial charge in [0.2, 0.25) is 10.0 Å². The number of aryl methyl sites for hydroxylation is 1. The molecule has 2 N–H and O–H groups in total. The van der Waals surface area contributed by atoms with Crippen LogP contribution in [0.1, 0.15) is 25.1 Å². The van der Waals surface area contributed by atoms with E-state index in [9.17, 15) is 8.42 Å². The fourth-order valence-corrected chi connectivity index (χ4v) is 3.72. The molecule has 2 aromatic heterocycles. The molecule has 3 rings (SSSR count). The van der Waals surface area contributed by atoms with Gasteiger partial charge in [-0.15, -0.1) is 0 Å². The van der Waals surface area contributed by atoms with E-state index in [1.54, 1.807) is 6.20 Å². The average molecular weight is 361 g/mol. The number of rotatable bonds is 6. The monoisotopic (exact) mass is 361 g/mol. The highest BCUT2D eigenvalue weighted by atomic mass is 32.2. The van der Waals surface area contributed by atoms with Crippen molar-refractivity contribution < 1.29 is 8.42 Å². The second kappa shape index (κ2) is 7.45. The lowest BCUT2D eigenvalue weighted by molar-refractivity contribution is 0.489. The highest BCUT2D eigenvalue weighted by Crippen LogP contribution is 2.28. The lowest BCUT2D eigenvalue weighted by Crippen LogP contribution is -2.35. The molecule has 1 fully saturated rings. The number of aromatic nitrogens is 3. The molecule has 25 heavy (non-hydrogen) atoms. The first kappa shape index (κ1) is 17.8. The summed E-state index contributed by atoms with van der Waals surface area (Å²) in [5.74, 6) is 1.68. The maximum Gasteiger partial charge on any atom is 0.208 e. The van der Waals surface area contributed by atoms with Gasteiger partial charge in [0.1, 0.15) is 11.6 Å². The van der Waals surface area contributed by atoms with Crippen LogP contribution < -0.4 is 10.0 Å². The van der Waals surface area contributed by atoms with Crippen molar-refractivity contribution in [3.63, 3.8) is 0 Å². The van der Waals surface area contributed by atoms with E-state index in [1.165, 1.54) is 6.26 Å². The summed E-state index contributed by atoms with van der Waals surface area (Å²) in [5.41, 5.74) is 1.58. The summed E-state index contributed by atoms with van der Waals surface area (Å²) in [6.07, 6.45) is 6.00. The molecule has 0 radical (unpaired) electrons. The molecule has 0 saturated heterocycles. The highest BCUT2D eigenvalue weighted by molar-refractivity contribution is 7.88. The molecule has 1 saturated carbocycles. The van der Waals surface area contributed by atoms with Crippen LogP contribution in [0.5, 0.6) is 0 Å². The summed E-state index contributed by atoms with van der Waals surface area (Å²) in [4.78, 5) is 13.3. The zero-order chi connectivity index (χ0) is 17.9. The van der Waals surface area contributed by atoms with Crippen molar-refractivity contribution >= 4 is 15.8 Å². The lowest BCUT2D eigenvalue weighted by Gasteiger charge is -2.22. The van der Waals surface area contributed by atoms with Gasteiger partial charge in [-0.1, -0.05) is 12.5 Å². The quantitative estimate of drug-likeness (QED) is 0.816. The molecule has 2 heterocycles. The molecular weight excluding hydrogens is 338 g/mol. The second-order valence-corrected chi connectivity index (χ2v) is 8.30. The summed E-state index contributed by atoms with van der Waals surface area (Å²) < 4.78 is 25.3. The normalized spacial score (nSPS) is 20.6. The summed E-state index contributed by atoms with van der Waals surface area (Å²) in [5, 5.41) is 3.46. The Bertz CT molecular complexity index is 826. The van der Waals surface area contributed by atoms with Crippen LogP contribution in [-0.2, 0) is 10.0 Å². The number of hydrogen-bond acceptors (Lipinski definition) is 6. The van der Waals surface area contributed by atoms with Gasteiger partial charge < -0.3 is 5.32 Å². The van der Waals surface area contributed by atoms with E-state index in [2.05, 4.69) is 25.0 Å². The maximum absolute atomic E-state index is 11.3. The van der Waals surface area contributed by atoms with E-state index in [0.717, 1.165) is 36.5 Å². The Hall–Kier alpha value is -2.06. The summed E-state index contributed by atoms with van der Waals surface area (Å²) in [7, 11) is -3.17. The Morgan fingerprint density at radius 2 is 2.04 bits per heavy atom. The van der Waals surface area contributed by atoms with Gasteiger partial charge in [0, 0.05) is 24.8 Å². The van der Waals surface area contributed by atoms with Crippen molar-refractivity contribution in [3.05, 3.63) is 36.3 Å². The molecule has 0 aromatic carbocycles. The van der Waals surface area contributed by atoms with Crippen LogP contribution in [0.4, 0.5) is 5.82 Å². The predicted octanol–water partition coefficient (Wildman–Crippen LogP) is 1.98. The van der Waals surface area contributed by atoms with Crippen LogP contribution in [0.3, 0.4) is 0 Å². The third kappa shape index (κ3) is 4.96. The van der Waals surface area contributed by atoms with Crippen molar-refractivity contribution in [2.45, 2.75) is 32.2 Å². The zero-order valence-corrected chi connectivity index (χ0v) is 15.3. The zero-order valence-electron chi connectivity index (χ0n) is 14.4. The highest BCUT2D eigenvalue weighted by Gasteiger charge is 2.28. The van der Waals surface area contributed by atoms with E-state index in [-0.39, 0.29) is 12.0 Å². The smallest absolute Gasteiger partial charge is 0.208 e. The van der Waals surface area contributed by atoms with Crippen LogP contribution >= 0.6 is 0 Å². The minimum atomic E-state index is -3.17. The Kier molecular flexibility index (Phi) is 5.29. The fraction of sp³-hybridized carbons (Fsp3) is 0.471. The molecule has 0 amide bonds.